The Bertz CT molecular complexity index is 1580. The number of nitriles is 1. The first-order valence-electron chi connectivity index (χ1n) is 13.4. The predicted octanol–water partition coefficient (Wildman–Crippen LogP) is 2.40. The fraction of sp³-hybridized carbons (Fsp3) is 0.444. The highest BCUT2D eigenvalue weighted by molar-refractivity contribution is 7.88. The van der Waals surface area contributed by atoms with Crippen molar-refractivity contribution in [2.75, 3.05) is 37.8 Å². The van der Waals surface area contributed by atoms with E-state index in [4.69, 9.17) is 11.6 Å². The molecule has 2 N–H and O–H groups in total. The van der Waals surface area contributed by atoms with Gasteiger partial charge in [-0.15, -0.1) is 0 Å². The zero-order valence-corrected chi connectivity index (χ0v) is 24.5. The fourth-order valence-corrected chi connectivity index (χ4v) is 6.33. The lowest BCUT2D eigenvalue weighted by Gasteiger charge is -2.30. The van der Waals surface area contributed by atoms with E-state index >= 15 is 0 Å². The van der Waals surface area contributed by atoms with Gasteiger partial charge in [0, 0.05) is 63.5 Å². The van der Waals surface area contributed by atoms with Gasteiger partial charge >= 0.3 is 0 Å². The van der Waals surface area contributed by atoms with Gasteiger partial charge in [0.25, 0.3) is 0 Å². The van der Waals surface area contributed by atoms with Crippen molar-refractivity contribution < 1.29 is 13.2 Å². The van der Waals surface area contributed by atoms with Crippen molar-refractivity contribution in [2.24, 2.45) is 0 Å². The zero-order valence-electron chi connectivity index (χ0n) is 22.9. The van der Waals surface area contributed by atoms with E-state index in [0.717, 1.165) is 18.5 Å². The molecule has 3 aromatic rings. The number of carbonyl (C=O) groups excluding carboxylic acids is 1. The van der Waals surface area contributed by atoms with Crippen LogP contribution in [0, 0.1) is 11.3 Å². The summed E-state index contributed by atoms with van der Waals surface area (Å²) >= 11 is 6.64. The molecule has 1 amide bonds. The summed E-state index contributed by atoms with van der Waals surface area (Å²) < 4.78 is 26.7. The SMILES string of the molecule is CC(=O)N1CC[C@H](NCc2ccc(-n3cc(-c4nc(NC5CCN(S(C)(=O)=O)CC5)ncc4C#N)cn3)c(Cl)c2)C1. The van der Waals surface area contributed by atoms with Gasteiger partial charge in [-0.25, -0.2) is 27.4 Å². The van der Waals surface area contributed by atoms with Crippen LogP contribution in [0.3, 0.4) is 0 Å². The van der Waals surface area contributed by atoms with E-state index in [-0.39, 0.29) is 18.0 Å². The van der Waals surface area contributed by atoms with Gasteiger partial charge < -0.3 is 15.5 Å². The third-order valence-corrected chi connectivity index (χ3v) is 9.11. The van der Waals surface area contributed by atoms with Crippen molar-refractivity contribution in [1.29, 1.82) is 5.26 Å². The second-order valence-electron chi connectivity index (χ2n) is 10.4. The Morgan fingerprint density at radius 1 is 1.17 bits per heavy atom. The average molecular weight is 598 g/mol. The number of anilines is 1. The number of hydrogen-bond acceptors (Lipinski definition) is 9. The van der Waals surface area contributed by atoms with Gasteiger partial charge in [-0.05, 0) is 37.0 Å². The van der Waals surface area contributed by atoms with Crippen LogP contribution in [0.4, 0.5) is 5.95 Å². The molecule has 1 atom stereocenters. The second-order valence-corrected chi connectivity index (χ2v) is 12.8. The standard InChI is InChI=1S/C27H32ClN9O3S/c1-18(38)35-8-5-23(17-35)30-13-19-3-4-25(24(28)11-19)37-16-21(15-32-37)26-20(12-29)14-31-27(34-26)33-22-6-9-36(10-7-22)41(2,39)40/h3-4,11,14-16,22-23,30H,5-10,13,17H2,1-2H3,(H,31,33,34)/t23-/m0/s1. The molecule has 14 heteroatoms. The van der Waals surface area contributed by atoms with Crippen LogP contribution in [0.1, 0.15) is 37.3 Å². The van der Waals surface area contributed by atoms with Crippen LogP contribution < -0.4 is 10.6 Å². The number of nitrogens with one attached hydrogen (secondary N) is 2. The topological polar surface area (TPSA) is 149 Å². The number of nitrogens with zero attached hydrogens (tertiary/aromatic N) is 7. The number of piperidine rings is 1. The molecule has 2 aromatic heterocycles. The lowest BCUT2D eigenvalue weighted by Crippen LogP contribution is -2.42. The molecule has 2 aliphatic heterocycles. The molecule has 0 spiro atoms. The minimum absolute atomic E-state index is 0.0186. The number of amides is 1. The summed E-state index contributed by atoms with van der Waals surface area (Å²) in [5, 5.41) is 21.5. The van der Waals surface area contributed by atoms with E-state index < -0.39 is 10.0 Å². The molecule has 4 heterocycles. The first-order chi connectivity index (χ1) is 19.6. The first kappa shape index (κ1) is 28.9. The summed E-state index contributed by atoms with van der Waals surface area (Å²) in [4.78, 5) is 22.3. The summed E-state index contributed by atoms with van der Waals surface area (Å²) in [6, 6.07) is 8.19. The normalized spacial score (nSPS) is 18.4. The van der Waals surface area contributed by atoms with Crippen LogP contribution >= 0.6 is 11.6 Å². The molecule has 0 aliphatic carbocycles. The third-order valence-electron chi connectivity index (χ3n) is 7.51. The summed E-state index contributed by atoms with van der Waals surface area (Å²) in [5.41, 5.74) is 3.10. The van der Waals surface area contributed by atoms with Crippen LogP contribution in [0.25, 0.3) is 16.9 Å². The molecule has 0 bridgehead atoms. The molecular weight excluding hydrogens is 566 g/mol. The molecule has 12 nitrogen and oxygen atoms in total. The highest BCUT2D eigenvalue weighted by atomic mass is 35.5. The average Bonchev–Trinajstić information content (AvgIpc) is 3.62. The molecule has 216 valence electrons. The number of benzene rings is 1. The predicted molar refractivity (Wildman–Crippen MR) is 155 cm³/mol. The number of carbonyl (C=O) groups is 1. The molecule has 2 fully saturated rings. The summed E-state index contributed by atoms with van der Waals surface area (Å²) in [6.45, 7) is 4.58. The molecular formula is C27H32ClN9O3S. The third kappa shape index (κ3) is 6.84. The number of rotatable bonds is 8. The summed E-state index contributed by atoms with van der Waals surface area (Å²) in [6.07, 6.45) is 8.28. The van der Waals surface area contributed by atoms with Gasteiger partial charge in [0.05, 0.1) is 40.6 Å². The monoisotopic (exact) mass is 597 g/mol. The van der Waals surface area contributed by atoms with Crippen LogP contribution in [-0.4, -0.2) is 87.8 Å². The highest BCUT2D eigenvalue weighted by Gasteiger charge is 2.26. The maximum atomic E-state index is 11.8. The fourth-order valence-electron chi connectivity index (χ4n) is 5.17. The molecule has 2 saturated heterocycles. The van der Waals surface area contributed by atoms with Crippen molar-refractivity contribution in [3.05, 3.63) is 52.9 Å². The van der Waals surface area contributed by atoms with E-state index in [1.165, 1.54) is 16.8 Å². The number of sulfonamides is 1. The quantitative estimate of drug-likeness (QED) is 0.399. The van der Waals surface area contributed by atoms with Gasteiger partial charge in [0.1, 0.15) is 6.07 Å². The second kappa shape index (κ2) is 12.1. The molecule has 0 saturated carbocycles. The van der Waals surface area contributed by atoms with Crippen molar-refractivity contribution >= 4 is 33.5 Å². The van der Waals surface area contributed by atoms with Gasteiger partial charge in [0.15, 0.2) is 0 Å². The number of likely N-dealkylation sites (tertiary alicyclic amines) is 1. The van der Waals surface area contributed by atoms with Crippen LogP contribution in [-0.2, 0) is 21.4 Å². The number of aromatic nitrogens is 4. The molecule has 41 heavy (non-hydrogen) atoms. The van der Waals surface area contributed by atoms with Gasteiger partial charge in [-0.1, -0.05) is 17.7 Å². The molecule has 0 unspecified atom stereocenters. The molecule has 0 radical (unpaired) electrons. The maximum Gasteiger partial charge on any atom is 0.223 e. The summed E-state index contributed by atoms with van der Waals surface area (Å²) in [5.74, 6) is 0.469. The smallest absolute Gasteiger partial charge is 0.223 e. The minimum Gasteiger partial charge on any atom is -0.351 e. The largest absolute Gasteiger partial charge is 0.351 e. The van der Waals surface area contributed by atoms with E-state index in [1.54, 1.807) is 24.0 Å². The Balaban J connectivity index is 1.26. The summed E-state index contributed by atoms with van der Waals surface area (Å²) in [7, 11) is -3.21. The van der Waals surface area contributed by atoms with Gasteiger partial charge in [-0.2, -0.15) is 10.4 Å². The Morgan fingerprint density at radius 3 is 2.59 bits per heavy atom. The van der Waals surface area contributed by atoms with Crippen LogP contribution in [0.15, 0.2) is 36.8 Å². The molecule has 5 rings (SSSR count). The maximum absolute atomic E-state index is 11.8. The van der Waals surface area contributed by atoms with Crippen molar-refractivity contribution in [2.45, 2.75) is 44.8 Å². The Morgan fingerprint density at radius 2 is 1.93 bits per heavy atom. The van der Waals surface area contributed by atoms with E-state index in [1.807, 2.05) is 23.1 Å². The van der Waals surface area contributed by atoms with Crippen molar-refractivity contribution in [1.82, 2.24) is 34.3 Å². The lowest BCUT2D eigenvalue weighted by atomic mass is 10.1. The van der Waals surface area contributed by atoms with E-state index in [0.29, 0.717) is 72.5 Å². The van der Waals surface area contributed by atoms with Gasteiger partial charge in [-0.3, -0.25) is 4.79 Å². The highest BCUT2D eigenvalue weighted by Crippen LogP contribution is 2.27. The van der Waals surface area contributed by atoms with Crippen molar-refractivity contribution in [3.63, 3.8) is 0 Å². The Hall–Kier alpha value is -3.57. The Labute approximate surface area is 244 Å². The molecule has 2 aliphatic rings. The number of hydrogen-bond donors (Lipinski definition) is 2. The minimum atomic E-state index is -3.21. The van der Waals surface area contributed by atoms with E-state index in [2.05, 4.69) is 31.8 Å². The van der Waals surface area contributed by atoms with E-state index in [9.17, 15) is 18.5 Å². The number of halogens is 1. The Kier molecular flexibility index (Phi) is 8.55. The van der Waals surface area contributed by atoms with Crippen LogP contribution in [0.5, 0.6) is 0 Å². The van der Waals surface area contributed by atoms with Crippen LogP contribution in [0.2, 0.25) is 5.02 Å². The first-order valence-corrected chi connectivity index (χ1v) is 15.6. The van der Waals surface area contributed by atoms with Crippen molar-refractivity contribution in [3.8, 4) is 23.0 Å². The zero-order chi connectivity index (χ0) is 29.1. The lowest BCUT2D eigenvalue weighted by molar-refractivity contribution is -0.127. The molecule has 1 aromatic carbocycles. The van der Waals surface area contributed by atoms with Gasteiger partial charge in [0.2, 0.25) is 21.9 Å².